The van der Waals surface area contributed by atoms with Crippen molar-refractivity contribution in [1.82, 2.24) is 0 Å². The second kappa shape index (κ2) is 7.51. The van der Waals surface area contributed by atoms with Crippen molar-refractivity contribution < 1.29 is 18.3 Å². The number of fused-ring (bicyclic) bond motifs is 1. The highest BCUT2D eigenvalue weighted by molar-refractivity contribution is 5.93. The minimum atomic E-state index is -2.83. The fraction of sp³-hybridized carbons (Fsp3) is 0.238. The van der Waals surface area contributed by atoms with Crippen LogP contribution in [-0.2, 0) is 6.42 Å². The summed E-state index contributed by atoms with van der Waals surface area (Å²) in [5.41, 5.74) is 2.87. The van der Waals surface area contributed by atoms with E-state index in [1.165, 1.54) is 0 Å². The topological polar surface area (TPSA) is 18.5 Å². The summed E-state index contributed by atoms with van der Waals surface area (Å²) in [5.74, 6) is 1.08. The molecule has 25 heavy (non-hydrogen) atoms. The number of hydrogen-bond acceptors (Lipinski definition) is 2. The summed E-state index contributed by atoms with van der Waals surface area (Å²) in [6.07, 6.45) is 1.58. The van der Waals surface area contributed by atoms with Crippen LogP contribution in [0.1, 0.15) is 18.9 Å². The highest BCUT2D eigenvalue weighted by Crippen LogP contribution is 2.35. The van der Waals surface area contributed by atoms with Crippen molar-refractivity contribution in [3.8, 4) is 22.6 Å². The molecule has 0 aliphatic rings. The van der Waals surface area contributed by atoms with Crippen molar-refractivity contribution in [3.63, 3.8) is 0 Å². The third-order valence-electron chi connectivity index (χ3n) is 4.20. The Morgan fingerprint density at radius 2 is 1.64 bits per heavy atom. The molecule has 0 atom stereocenters. The van der Waals surface area contributed by atoms with Crippen molar-refractivity contribution in [2.45, 2.75) is 26.4 Å². The lowest BCUT2D eigenvalue weighted by atomic mass is 9.98. The van der Waals surface area contributed by atoms with Crippen LogP contribution in [0.4, 0.5) is 8.78 Å². The first-order chi connectivity index (χ1) is 12.1. The number of halogens is 2. The Morgan fingerprint density at radius 3 is 2.28 bits per heavy atom. The maximum Gasteiger partial charge on any atom is 0.387 e. The van der Waals surface area contributed by atoms with Crippen LogP contribution < -0.4 is 9.47 Å². The summed E-state index contributed by atoms with van der Waals surface area (Å²) in [6, 6.07) is 17.4. The Hall–Kier alpha value is -2.62. The van der Waals surface area contributed by atoms with Gasteiger partial charge in [0.15, 0.2) is 0 Å². The molecule has 0 fully saturated rings. The number of benzene rings is 3. The lowest BCUT2D eigenvalue weighted by molar-refractivity contribution is -0.0493. The molecule has 0 N–H and O–H groups in total. The van der Waals surface area contributed by atoms with Crippen molar-refractivity contribution in [2.24, 2.45) is 0 Å². The third-order valence-corrected chi connectivity index (χ3v) is 4.20. The number of aryl methyl sites for hydroxylation is 1. The molecule has 2 nitrogen and oxygen atoms in total. The molecule has 0 saturated heterocycles. The number of alkyl halides is 2. The minimum Gasteiger partial charge on any atom is -0.497 e. The second-order valence-electron chi connectivity index (χ2n) is 5.85. The maximum absolute atomic E-state index is 12.9. The van der Waals surface area contributed by atoms with Gasteiger partial charge in [0, 0.05) is 5.39 Å². The third kappa shape index (κ3) is 3.73. The number of rotatable bonds is 6. The van der Waals surface area contributed by atoms with Gasteiger partial charge in [0.05, 0.1) is 7.11 Å². The van der Waals surface area contributed by atoms with E-state index in [1.807, 2.05) is 61.5 Å². The molecule has 0 spiro atoms. The SMILES string of the molecule is CCCc1ccc2cc(-c3ccc(OC)cc3)ccc2c1OC(F)F. The van der Waals surface area contributed by atoms with Gasteiger partial charge < -0.3 is 9.47 Å². The molecular weight excluding hydrogens is 322 g/mol. The molecule has 0 unspecified atom stereocenters. The molecule has 130 valence electrons. The largest absolute Gasteiger partial charge is 0.497 e. The van der Waals surface area contributed by atoms with E-state index < -0.39 is 6.61 Å². The fourth-order valence-electron chi connectivity index (χ4n) is 3.00. The monoisotopic (exact) mass is 342 g/mol. The molecule has 4 heteroatoms. The normalized spacial score (nSPS) is 11.1. The lowest BCUT2D eigenvalue weighted by Crippen LogP contribution is -2.05. The van der Waals surface area contributed by atoms with E-state index in [4.69, 9.17) is 9.47 Å². The summed E-state index contributed by atoms with van der Waals surface area (Å²) in [6.45, 7) is -0.814. The van der Waals surface area contributed by atoms with Gasteiger partial charge in [-0.3, -0.25) is 0 Å². The second-order valence-corrected chi connectivity index (χ2v) is 5.85. The predicted molar refractivity (Wildman–Crippen MR) is 96.6 cm³/mol. The zero-order valence-corrected chi connectivity index (χ0v) is 14.3. The van der Waals surface area contributed by atoms with E-state index >= 15 is 0 Å². The first-order valence-electron chi connectivity index (χ1n) is 8.27. The summed E-state index contributed by atoms with van der Waals surface area (Å²) < 4.78 is 35.7. The van der Waals surface area contributed by atoms with Crippen LogP contribution in [0, 0.1) is 0 Å². The van der Waals surface area contributed by atoms with Crippen molar-refractivity contribution in [1.29, 1.82) is 0 Å². The fourth-order valence-corrected chi connectivity index (χ4v) is 3.00. The van der Waals surface area contributed by atoms with E-state index in [9.17, 15) is 8.78 Å². The summed E-state index contributed by atoms with van der Waals surface area (Å²) in [4.78, 5) is 0. The Labute approximate surface area is 146 Å². The molecular formula is C21H20F2O2. The summed E-state index contributed by atoms with van der Waals surface area (Å²) in [7, 11) is 1.63. The lowest BCUT2D eigenvalue weighted by Gasteiger charge is -2.14. The summed E-state index contributed by atoms with van der Waals surface area (Å²) in [5, 5.41) is 1.59. The van der Waals surface area contributed by atoms with Crippen LogP contribution in [-0.4, -0.2) is 13.7 Å². The number of ether oxygens (including phenoxy) is 2. The standard InChI is InChI=1S/C21H20F2O2/c1-3-4-15-5-6-17-13-16(14-7-10-18(24-2)11-8-14)9-12-19(17)20(15)25-21(22)23/h5-13,21H,3-4H2,1-2H3. The smallest absolute Gasteiger partial charge is 0.387 e. The zero-order chi connectivity index (χ0) is 17.8. The molecule has 0 bridgehead atoms. The van der Waals surface area contributed by atoms with Crippen molar-refractivity contribution >= 4 is 10.8 Å². The van der Waals surface area contributed by atoms with Crippen LogP contribution in [0.5, 0.6) is 11.5 Å². The molecule has 0 heterocycles. The van der Waals surface area contributed by atoms with Gasteiger partial charge in [-0.25, -0.2) is 0 Å². The van der Waals surface area contributed by atoms with Crippen molar-refractivity contribution in [3.05, 3.63) is 60.2 Å². The average Bonchev–Trinajstić information content (AvgIpc) is 2.63. The highest BCUT2D eigenvalue weighted by atomic mass is 19.3. The van der Waals surface area contributed by atoms with Gasteiger partial charge >= 0.3 is 6.61 Å². The maximum atomic E-state index is 12.9. The Kier molecular flexibility index (Phi) is 5.17. The van der Waals surface area contributed by atoms with Gasteiger partial charge in [-0.2, -0.15) is 8.78 Å². The molecule has 3 rings (SSSR count). The van der Waals surface area contributed by atoms with E-state index in [2.05, 4.69) is 0 Å². The molecule has 0 aliphatic heterocycles. The first-order valence-corrected chi connectivity index (χ1v) is 8.27. The first kappa shape index (κ1) is 17.2. The Balaban J connectivity index is 2.06. The molecule has 0 amide bonds. The molecule has 3 aromatic rings. The molecule has 3 aromatic carbocycles. The van der Waals surface area contributed by atoms with Crippen LogP contribution in [0.3, 0.4) is 0 Å². The number of methoxy groups -OCH3 is 1. The van der Waals surface area contributed by atoms with E-state index in [0.29, 0.717) is 11.8 Å². The molecule has 0 aliphatic carbocycles. The van der Waals surface area contributed by atoms with Crippen molar-refractivity contribution in [2.75, 3.05) is 7.11 Å². The van der Waals surface area contributed by atoms with Gasteiger partial charge in [-0.05, 0) is 46.7 Å². The van der Waals surface area contributed by atoms with Gasteiger partial charge in [0.2, 0.25) is 0 Å². The highest BCUT2D eigenvalue weighted by Gasteiger charge is 2.14. The van der Waals surface area contributed by atoms with Crippen LogP contribution in [0.2, 0.25) is 0 Å². The van der Waals surface area contributed by atoms with Crippen LogP contribution in [0.15, 0.2) is 54.6 Å². The Bertz CT molecular complexity index is 858. The molecule has 0 radical (unpaired) electrons. The van der Waals surface area contributed by atoms with Gasteiger partial charge in [-0.15, -0.1) is 0 Å². The number of hydrogen-bond donors (Lipinski definition) is 0. The van der Waals surface area contributed by atoms with Gasteiger partial charge in [-0.1, -0.05) is 49.7 Å². The van der Waals surface area contributed by atoms with E-state index in [1.54, 1.807) is 7.11 Å². The van der Waals surface area contributed by atoms with E-state index in [-0.39, 0.29) is 5.75 Å². The molecule has 0 saturated carbocycles. The zero-order valence-electron chi connectivity index (χ0n) is 14.3. The average molecular weight is 342 g/mol. The van der Waals surface area contributed by atoms with Gasteiger partial charge in [0.25, 0.3) is 0 Å². The summed E-state index contributed by atoms with van der Waals surface area (Å²) >= 11 is 0. The predicted octanol–water partition coefficient (Wildman–Crippen LogP) is 6.07. The Morgan fingerprint density at radius 1 is 0.920 bits per heavy atom. The molecule has 0 aromatic heterocycles. The minimum absolute atomic E-state index is 0.288. The quantitative estimate of drug-likeness (QED) is 0.541. The van der Waals surface area contributed by atoms with E-state index in [0.717, 1.165) is 34.2 Å². The van der Waals surface area contributed by atoms with Crippen LogP contribution >= 0.6 is 0 Å². The van der Waals surface area contributed by atoms with Crippen LogP contribution in [0.25, 0.3) is 21.9 Å². The van der Waals surface area contributed by atoms with Gasteiger partial charge in [0.1, 0.15) is 11.5 Å².